The molecule has 11 nitrogen and oxygen atoms in total. The van der Waals surface area contributed by atoms with Crippen molar-refractivity contribution in [1.82, 2.24) is 14.6 Å². The number of H-pyrrole nitrogens is 1. The summed E-state index contributed by atoms with van der Waals surface area (Å²) in [7, 11) is -4.44. The van der Waals surface area contributed by atoms with Crippen LogP contribution in [0.3, 0.4) is 0 Å². The summed E-state index contributed by atoms with van der Waals surface area (Å²) in [6.45, 7) is 6.26. The van der Waals surface area contributed by atoms with Gasteiger partial charge in [-0.3, -0.25) is 14.9 Å². The van der Waals surface area contributed by atoms with Gasteiger partial charge in [0, 0.05) is 35.2 Å². The Kier molecular flexibility index (Phi) is 8.97. The van der Waals surface area contributed by atoms with Crippen LogP contribution in [0, 0.1) is 10.1 Å². The first-order valence-corrected chi connectivity index (χ1v) is 15.9. The number of carbonyl (C=O) groups is 1. The average Bonchev–Trinajstić information content (AvgIpc) is 3.47. The maximum absolute atomic E-state index is 13.2. The number of rotatable bonds is 11. The second kappa shape index (κ2) is 12.8. The van der Waals surface area contributed by atoms with Crippen LogP contribution in [0.1, 0.15) is 49.9 Å². The molecule has 43 heavy (non-hydrogen) atoms. The molecule has 5 rings (SSSR count). The van der Waals surface area contributed by atoms with Crippen molar-refractivity contribution < 1.29 is 22.9 Å². The van der Waals surface area contributed by atoms with Crippen LogP contribution < -0.4 is 14.8 Å². The van der Waals surface area contributed by atoms with Gasteiger partial charge in [-0.2, -0.15) is 0 Å². The fourth-order valence-corrected chi connectivity index (χ4v) is 6.68. The van der Waals surface area contributed by atoms with Gasteiger partial charge in [-0.05, 0) is 87.3 Å². The predicted molar refractivity (Wildman–Crippen MR) is 165 cm³/mol. The summed E-state index contributed by atoms with van der Waals surface area (Å²) in [6, 6.07) is 17.7. The van der Waals surface area contributed by atoms with E-state index in [1.165, 1.54) is 18.2 Å². The van der Waals surface area contributed by atoms with Crippen molar-refractivity contribution in [3.05, 3.63) is 88.6 Å². The zero-order chi connectivity index (χ0) is 30.6. The quantitative estimate of drug-likeness (QED) is 0.138. The van der Waals surface area contributed by atoms with Crippen molar-refractivity contribution in [2.24, 2.45) is 0 Å². The molecule has 0 spiro atoms. The van der Waals surface area contributed by atoms with Gasteiger partial charge in [-0.25, -0.2) is 13.1 Å². The summed E-state index contributed by atoms with van der Waals surface area (Å²) in [4.78, 5) is 29.6. The molecule has 1 fully saturated rings. The molecule has 0 bridgehead atoms. The van der Waals surface area contributed by atoms with Crippen LogP contribution in [0.4, 0.5) is 11.4 Å². The first-order valence-electron chi connectivity index (χ1n) is 14.4. The molecule has 4 aromatic rings. The minimum Gasteiger partial charge on any atom is -0.457 e. The third-order valence-corrected chi connectivity index (χ3v) is 9.30. The van der Waals surface area contributed by atoms with Gasteiger partial charge < -0.3 is 19.9 Å². The van der Waals surface area contributed by atoms with Crippen molar-refractivity contribution in [2.45, 2.75) is 56.5 Å². The molecular formula is C31H35N5O6S. The third-order valence-electron chi connectivity index (χ3n) is 7.97. The zero-order valence-corrected chi connectivity index (χ0v) is 24.9. The van der Waals surface area contributed by atoms with Crippen molar-refractivity contribution in [1.29, 1.82) is 0 Å². The van der Waals surface area contributed by atoms with Gasteiger partial charge in [-0.1, -0.05) is 26.0 Å². The Morgan fingerprint density at radius 2 is 1.77 bits per heavy atom. The molecule has 1 amide bonds. The Morgan fingerprint density at radius 3 is 2.49 bits per heavy atom. The van der Waals surface area contributed by atoms with E-state index in [-0.39, 0.29) is 33.6 Å². The number of hydrogen-bond acceptors (Lipinski definition) is 8. The van der Waals surface area contributed by atoms with E-state index < -0.39 is 20.9 Å². The lowest BCUT2D eigenvalue weighted by Gasteiger charge is -2.36. The number of nitrogens with one attached hydrogen (secondary N) is 3. The smallest absolute Gasteiger partial charge is 0.293 e. The summed E-state index contributed by atoms with van der Waals surface area (Å²) in [5.41, 5.74) is 0.792. The Hall–Kier alpha value is -4.42. The average molecular weight is 606 g/mol. The maximum Gasteiger partial charge on any atom is 0.293 e. The number of nitro benzene ring substituents is 1. The van der Waals surface area contributed by atoms with E-state index in [1.54, 1.807) is 36.5 Å². The molecule has 1 aliphatic carbocycles. The van der Waals surface area contributed by atoms with Gasteiger partial charge in [0.05, 0.1) is 15.4 Å². The molecule has 226 valence electrons. The number of anilines is 1. The second-order valence-corrected chi connectivity index (χ2v) is 12.2. The molecule has 1 saturated carbocycles. The van der Waals surface area contributed by atoms with Crippen molar-refractivity contribution in [3.8, 4) is 11.5 Å². The van der Waals surface area contributed by atoms with Gasteiger partial charge in [0.25, 0.3) is 21.6 Å². The molecule has 0 unspecified atom stereocenters. The minimum absolute atomic E-state index is 0.00617. The van der Waals surface area contributed by atoms with Crippen LogP contribution in [0.25, 0.3) is 10.9 Å². The number of benzene rings is 3. The lowest BCUT2D eigenvalue weighted by atomic mass is 9.90. The van der Waals surface area contributed by atoms with Crippen molar-refractivity contribution in [2.75, 3.05) is 18.4 Å². The molecule has 0 radical (unpaired) electrons. The zero-order valence-electron chi connectivity index (χ0n) is 24.1. The summed E-state index contributed by atoms with van der Waals surface area (Å²) >= 11 is 0. The number of carbonyl (C=O) groups excluding carboxylic acids is 1. The van der Waals surface area contributed by atoms with Crippen LogP contribution in [-0.4, -0.2) is 54.3 Å². The van der Waals surface area contributed by atoms with Crippen molar-refractivity contribution in [3.63, 3.8) is 0 Å². The standard InChI is InChI=1S/C31H35N5O6S/c1-3-35(4-2)23-11-9-22(10-12-23)33-28-16-14-25(20-29(28)36(38)39)43(40,41)34-31(37)26-7-5-6-8-30(26)42-24-13-15-27-21(19-24)17-18-32-27/h5-8,13-20,22-23,32-33H,3-4,9-12H2,1-2H3,(H,34,37). The molecule has 12 heteroatoms. The van der Waals surface area contributed by atoms with E-state index in [0.717, 1.165) is 55.7 Å². The highest BCUT2D eigenvalue weighted by molar-refractivity contribution is 7.90. The Bertz CT molecular complexity index is 1730. The lowest BCUT2D eigenvalue weighted by Crippen LogP contribution is -2.40. The predicted octanol–water partition coefficient (Wildman–Crippen LogP) is 6.05. The van der Waals surface area contributed by atoms with Gasteiger partial charge in [0.15, 0.2) is 0 Å². The molecule has 1 aromatic heterocycles. The number of ether oxygens (including phenoxy) is 1. The van der Waals surface area contributed by atoms with E-state index in [9.17, 15) is 23.3 Å². The summed E-state index contributed by atoms with van der Waals surface area (Å²) in [5, 5.41) is 16.1. The second-order valence-electron chi connectivity index (χ2n) is 10.6. The van der Waals surface area contributed by atoms with Crippen LogP contribution in [0.5, 0.6) is 11.5 Å². The Morgan fingerprint density at radius 1 is 1.02 bits per heavy atom. The Labute approximate surface area is 250 Å². The van der Waals surface area contributed by atoms with E-state index in [2.05, 4.69) is 29.0 Å². The summed E-state index contributed by atoms with van der Waals surface area (Å²) < 4.78 is 34.4. The number of sulfonamides is 1. The maximum atomic E-state index is 13.2. The monoisotopic (exact) mass is 605 g/mol. The highest BCUT2D eigenvalue weighted by Gasteiger charge is 2.28. The number of nitrogens with zero attached hydrogens (tertiary/aromatic N) is 2. The fraction of sp³-hybridized carbons (Fsp3) is 0.323. The number of aromatic amines is 1. The van der Waals surface area contributed by atoms with E-state index >= 15 is 0 Å². The van der Waals surface area contributed by atoms with E-state index in [4.69, 9.17) is 4.74 Å². The topological polar surface area (TPSA) is 147 Å². The SMILES string of the molecule is CCN(CC)C1CCC(Nc2ccc(S(=O)(=O)NC(=O)c3ccccc3Oc3ccc4[nH]ccc4c3)cc2[N+](=O)[O-])CC1. The van der Waals surface area contributed by atoms with Crippen LogP contribution in [0.15, 0.2) is 77.8 Å². The van der Waals surface area contributed by atoms with Crippen molar-refractivity contribution >= 4 is 38.2 Å². The first kappa shape index (κ1) is 30.1. The molecule has 3 aromatic carbocycles. The highest BCUT2D eigenvalue weighted by atomic mass is 32.2. The van der Waals surface area contributed by atoms with Gasteiger partial charge in [0.1, 0.15) is 17.2 Å². The van der Waals surface area contributed by atoms with E-state index in [0.29, 0.717) is 11.8 Å². The first-order chi connectivity index (χ1) is 20.7. The van der Waals surface area contributed by atoms with Crippen LogP contribution in [-0.2, 0) is 10.0 Å². The molecular weight excluding hydrogens is 570 g/mol. The normalized spacial score (nSPS) is 17.1. The summed E-state index contributed by atoms with van der Waals surface area (Å²) in [5.74, 6) is -0.296. The number of amides is 1. The molecule has 1 aliphatic rings. The highest BCUT2D eigenvalue weighted by Crippen LogP contribution is 2.32. The number of hydrogen-bond donors (Lipinski definition) is 3. The fourth-order valence-electron chi connectivity index (χ4n) is 5.70. The van der Waals surface area contributed by atoms with Gasteiger partial charge in [-0.15, -0.1) is 0 Å². The number of nitro groups is 1. The van der Waals surface area contributed by atoms with Crippen LogP contribution in [0.2, 0.25) is 0 Å². The van der Waals surface area contributed by atoms with E-state index in [1.807, 2.05) is 16.9 Å². The molecule has 0 saturated heterocycles. The van der Waals surface area contributed by atoms with Crippen LogP contribution >= 0.6 is 0 Å². The third kappa shape index (κ3) is 6.81. The molecule has 1 heterocycles. The number of para-hydroxylation sites is 1. The molecule has 3 N–H and O–H groups in total. The minimum atomic E-state index is -4.44. The summed E-state index contributed by atoms with van der Waals surface area (Å²) in [6.07, 6.45) is 5.48. The Balaban J connectivity index is 1.30. The molecule has 0 atom stereocenters. The number of fused-ring (bicyclic) bond motifs is 1. The number of aromatic nitrogens is 1. The largest absolute Gasteiger partial charge is 0.457 e. The lowest BCUT2D eigenvalue weighted by molar-refractivity contribution is -0.384. The van der Waals surface area contributed by atoms with Gasteiger partial charge >= 0.3 is 0 Å². The molecule has 0 aliphatic heterocycles. The van der Waals surface area contributed by atoms with Gasteiger partial charge in [0.2, 0.25) is 0 Å².